The predicted octanol–water partition coefficient (Wildman–Crippen LogP) is 3.02. The molecule has 0 fully saturated rings. The molecule has 0 amide bonds. The number of hydrogen-bond acceptors (Lipinski definition) is 5. The summed E-state index contributed by atoms with van der Waals surface area (Å²) in [5.41, 5.74) is -0.386. The molecule has 1 aromatic carbocycles. The Morgan fingerprint density at radius 3 is 2.31 bits per heavy atom. The highest BCUT2D eigenvalue weighted by Crippen LogP contribution is 2.27. The first-order valence-corrected chi connectivity index (χ1v) is 8.38. The number of methoxy groups -OCH3 is 1. The molecule has 0 saturated heterocycles. The Morgan fingerprint density at radius 1 is 1.15 bits per heavy atom. The van der Waals surface area contributed by atoms with Gasteiger partial charge in [0.2, 0.25) is 0 Å². The smallest absolute Gasteiger partial charge is 0.306 e. The number of aliphatic hydroxyl groups is 2. The topological polar surface area (TPSA) is 76.0 Å². The highest BCUT2D eigenvalue weighted by Gasteiger charge is 2.24. The second-order valence-electron chi connectivity index (χ2n) is 6.79. The molecule has 1 rings (SSSR count). The normalized spacial score (nSPS) is 14.5. The maximum absolute atomic E-state index is 12.8. The molecule has 0 heterocycles. The number of aliphatic hydroxyl groups excluding tert-OH is 2. The van der Waals surface area contributed by atoms with Crippen molar-refractivity contribution in [2.45, 2.75) is 38.9 Å². The van der Waals surface area contributed by atoms with E-state index in [1.165, 1.54) is 37.5 Å². The Hall–Kier alpha value is -2.18. The van der Waals surface area contributed by atoms with Crippen LogP contribution >= 0.6 is 0 Å². The van der Waals surface area contributed by atoms with Gasteiger partial charge in [-0.05, 0) is 36.1 Å². The minimum Gasteiger partial charge on any atom is -0.491 e. The summed E-state index contributed by atoms with van der Waals surface area (Å²) in [6.45, 7) is 3.80. The molecule has 0 bridgehead atoms. The van der Waals surface area contributed by atoms with Crippen LogP contribution in [0.15, 0.2) is 48.6 Å². The van der Waals surface area contributed by atoms with Crippen LogP contribution < -0.4 is 4.74 Å². The van der Waals surface area contributed by atoms with Crippen molar-refractivity contribution in [3.05, 3.63) is 54.4 Å². The summed E-state index contributed by atoms with van der Waals surface area (Å²) in [6, 6.07) is 5.53. The largest absolute Gasteiger partial charge is 0.491 e. The fourth-order valence-corrected chi connectivity index (χ4v) is 2.32. The first kappa shape index (κ1) is 21.9. The SMILES string of the molecule is COC(=O)CC(C)(C)C[C@H](O)/C=C/C=C/[C@H](O)COc1ccc(F)cc1. The number of benzene rings is 1. The number of esters is 1. The fourth-order valence-electron chi connectivity index (χ4n) is 2.32. The lowest BCUT2D eigenvalue weighted by atomic mass is 9.83. The molecule has 0 aliphatic rings. The van der Waals surface area contributed by atoms with E-state index in [4.69, 9.17) is 4.74 Å². The highest BCUT2D eigenvalue weighted by atomic mass is 19.1. The lowest BCUT2D eigenvalue weighted by Gasteiger charge is -2.24. The standard InChI is InChI=1S/C20H27FO5/c1-20(2,13-19(24)25-3)12-16(22)6-4-5-7-17(23)14-26-18-10-8-15(21)9-11-18/h4-11,16-17,22-23H,12-14H2,1-3H3/b6-4+,7-5+/t16-,17+/m1/s1. The van der Waals surface area contributed by atoms with Gasteiger partial charge in [-0.3, -0.25) is 4.79 Å². The molecule has 26 heavy (non-hydrogen) atoms. The number of allylic oxidation sites excluding steroid dienone is 2. The van der Waals surface area contributed by atoms with Gasteiger partial charge in [0.1, 0.15) is 24.3 Å². The molecule has 144 valence electrons. The number of ether oxygens (including phenoxy) is 2. The van der Waals surface area contributed by atoms with E-state index in [1.807, 2.05) is 13.8 Å². The summed E-state index contributed by atoms with van der Waals surface area (Å²) in [4.78, 5) is 11.3. The van der Waals surface area contributed by atoms with Gasteiger partial charge in [0.25, 0.3) is 0 Å². The van der Waals surface area contributed by atoms with E-state index in [9.17, 15) is 19.4 Å². The van der Waals surface area contributed by atoms with Gasteiger partial charge in [-0.2, -0.15) is 0 Å². The van der Waals surface area contributed by atoms with Crippen LogP contribution in [0.5, 0.6) is 5.75 Å². The minimum absolute atomic E-state index is 0.0324. The molecule has 0 radical (unpaired) electrons. The van der Waals surface area contributed by atoms with Crippen LogP contribution in [0, 0.1) is 11.2 Å². The van der Waals surface area contributed by atoms with Gasteiger partial charge in [-0.15, -0.1) is 0 Å². The fraction of sp³-hybridized carbons (Fsp3) is 0.450. The second-order valence-corrected chi connectivity index (χ2v) is 6.79. The Balaban J connectivity index is 2.36. The molecule has 5 nitrogen and oxygen atoms in total. The zero-order chi connectivity index (χ0) is 19.6. The molecule has 6 heteroatoms. The van der Waals surface area contributed by atoms with Crippen LogP contribution in [-0.4, -0.2) is 42.1 Å². The van der Waals surface area contributed by atoms with E-state index in [0.717, 1.165) is 0 Å². The molecule has 2 N–H and O–H groups in total. The van der Waals surface area contributed by atoms with Gasteiger partial charge in [0.05, 0.1) is 19.6 Å². The summed E-state index contributed by atoms with van der Waals surface area (Å²) in [7, 11) is 1.34. The van der Waals surface area contributed by atoms with Crippen LogP contribution in [0.2, 0.25) is 0 Å². The number of carbonyl (C=O) groups excluding carboxylic acids is 1. The van der Waals surface area contributed by atoms with Crippen molar-refractivity contribution in [1.82, 2.24) is 0 Å². The zero-order valence-electron chi connectivity index (χ0n) is 15.4. The van der Waals surface area contributed by atoms with E-state index in [2.05, 4.69) is 4.74 Å². The average molecular weight is 366 g/mol. The van der Waals surface area contributed by atoms with E-state index in [-0.39, 0.29) is 30.2 Å². The maximum atomic E-state index is 12.8. The first-order chi connectivity index (χ1) is 12.2. The lowest BCUT2D eigenvalue weighted by Crippen LogP contribution is -2.23. The third-order valence-corrected chi connectivity index (χ3v) is 3.62. The van der Waals surface area contributed by atoms with Crippen LogP contribution in [0.4, 0.5) is 4.39 Å². The molecule has 0 unspecified atom stereocenters. The van der Waals surface area contributed by atoms with Gasteiger partial charge < -0.3 is 19.7 Å². The highest BCUT2D eigenvalue weighted by molar-refractivity contribution is 5.69. The average Bonchev–Trinajstić information content (AvgIpc) is 2.57. The summed E-state index contributed by atoms with van der Waals surface area (Å²) in [6.07, 6.45) is 5.42. The number of halogens is 1. The molecule has 0 aromatic heterocycles. The van der Waals surface area contributed by atoms with Crippen molar-refractivity contribution in [3.8, 4) is 5.75 Å². The molecule has 2 atom stereocenters. The van der Waals surface area contributed by atoms with Crippen LogP contribution in [0.25, 0.3) is 0 Å². The minimum atomic E-state index is -0.836. The van der Waals surface area contributed by atoms with Crippen LogP contribution in [-0.2, 0) is 9.53 Å². The van der Waals surface area contributed by atoms with Crippen molar-refractivity contribution in [2.75, 3.05) is 13.7 Å². The van der Waals surface area contributed by atoms with Crippen molar-refractivity contribution in [1.29, 1.82) is 0 Å². The Morgan fingerprint density at radius 2 is 1.73 bits per heavy atom. The molecular weight excluding hydrogens is 339 g/mol. The maximum Gasteiger partial charge on any atom is 0.306 e. The molecule has 0 aliphatic carbocycles. The van der Waals surface area contributed by atoms with Gasteiger partial charge in [-0.1, -0.05) is 38.2 Å². The molecule has 0 spiro atoms. The number of carbonyl (C=O) groups is 1. The van der Waals surface area contributed by atoms with Crippen molar-refractivity contribution in [3.63, 3.8) is 0 Å². The summed E-state index contributed by atoms with van der Waals surface area (Å²) >= 11 is 0. The molecule has 0 aliphatic heterocycles. The van der Waals surface area contributed by atoms with Gasteiger partial charge in [0, 0.05) is 0 Å². The molecule has 1 aromatic rings. The van der Waals surface area contributed by atoms with Crippen molar-refractivity contribution >= 4 is 5.97 Å². The van der Waals surface area contributed by atoms with Gasteiger partial charge in [0.15, 0.2) is 0 Å². The Bertz CT molecular complexity index is 607. The first-order valence-electron chi connectivity index (χ1n) is 8.38. The third kappa shape index (κ3) is 9.34. The number of hydrogen-bond donors (Lipinski definition) is 2. The lowest BCUT2D eigenvalue weighted by molar-refractivity contribution is -0.143. The summed E-state index contributed by atoms with van der Waals surface area (Å²) in [5, 5.41) is 19.8. The van der Waals surface area contributed by atoms with Crippen LogP contribution in [0.3, 0.4) is 0 Å². The quantitative estimate of drug-likeness (QED) is 0.492. The van der Waals surface area contributed by atoms with Crippen molar-refractivity contribution < 1.29 is 28.9 Å². The molecule has 0 saturated carbocycles. The summed E-state index contributed by atoms with van der Waals surface area (Å²) in [5.74, 6) is -0.191. The van der Waals surface area contributed by atoms with E-state index in [1.54, 1.807) is 18.2 Å². The van der Waals surface area contributed by atoms with E-state index >= 15 is 0 Å². The Labute approximate surface area is 153 Å². The van der Waals surface area contributed by atoms with Gasteiger partial charge >= 0.3 is 5.97 Å². The summed E-state index contributed by atoms with van der Waals surface area (Å²) < 4.78 is 22.7. The van der Waals surface area contributed by atoms with E-state index in [0.29, 0.717) is 12.2 Å². The predicted molar refractivity (Wildman–Crippen MR) is 97.2 cm³/mol. The monoisotopic (exact) mass is 366 g/mol. The number of rotatable bonds is 10. The van der Waals surface area contributed by atoms with Crippen LogP contribution in [0.1, 0.15) is 26.7 Å². The zero-order valence-corrected chi connectivity index (χ0v) is 15.4. The Kier molecular flexibility index (Phi) is 9.02. The third-order valence-electron chi connectivity index (χ3n) is 3.62. The van der Waals surface area contributed by atoms with E-state index < -0.39 is 12.2 Å². The molecular formula is C20H27FO5. The second kappa shape index (κ2) is 10.7. The van der Waals surface area contributed by atoms with Gasteiger partial charge in [-0.25, -0.2) is 4.39 Å². The van der Waals surface area contributed by atoms with Crippen molar-refractivity contribution in [2.24, 2.45) is 5.41 Å².